The van der Waals surface area contributed by atoms with Crippen LogP contribution in [0.2, 0.25) is 15.1 Å². The van der Waals surface area contributed by atoms with Crippen molar-refractivity contribution >= 4 is 46.4 Å². The molecule has 26 heavy (non-hydrogen) atoms. The van der Waals surface area contributed by atoms with Crippen LogP contribution in [0.1, 0.15) is 27.3 Å². The number of carbonyl (C=O) groups excluding carboxylic acids is 1. The van der Waals surface area contributed by atoms with Crippen molar-refractivity contribution in [2.45, 2.75) is 20.4 Å². The zero-order chi connectivity index (χ0) is 18.8. The fraction of sp³-hybridized carbons (Fsp3) is 0.158. The Morgan fingerprint density at radius 3 is 2.27 bits per heavy atom. The molecule has 7 heteroatoms. The van der Waals surface area contributed by atoms with E-state index in [-0.39, 0.29) is 5.91 Å². The van der Waals surface area contributed by atoms with Gasteiger partial charge in [0.05, 0.1) is 23.6 Å². The lowest BCUT2D eigenvalue weighted by Crippen LogP contribution is -2.13. The van der Waals surface area contributed by atoms with Crippen LogP contribution in [0.15, 0.2) is 42.5 Å². The van der Waals surface area contributed by atoms with Crippen molar-refractivity contribution in [1.29, 1.82) is 0 Å². The first-order chi connectivity index (χ1) is 12.4. The van der Waals surface area contributed by atoms with Crippen LogP contribution in [0.4, 0.5) is 5.69 Å². The number of aryl methyl sites for hydroxylation is 1. The molecule has 0 saturated heterocycles. The van der Waals surface area contributed by atoms with E-state index in [9.17, 15) is 4.79 Å². The van der Waals surface area contributed by atoms with E-state index < -0.39 is 0 Å². The molecule has 0 aliphatic heterocycles. The van der Waals surface area contributed by atoms with E-state index in [2.05, 4.69) is 10.4 Å². The Kier molecular flexibility index (Phi) is 5.56. The minimum Gasteiger partial charge on any atom is -0.319 e. The minimum absolute atomic E-state index is 0.219. The topological polar surface area (TPSA) is 46.9 Å². The van der Waals surface area contributed by atoms with E-state index in [1.165, 1.54) is 0 Å². The first-order valence-electron chi connectivity index (χ1n) is 7.90. The molecule has 0 saturated carbocycles. The third-order valence-electron chi connectivity index (χ3n) is 4.10. The molecule has 1 N–H and O–H groups in total. The molecule has 0 aliphatic rings. The van der Waals surface area contributed by atoms with Crippen LogP contribution >= 0.6 is 34.8 Å². The Balaban J connectivity index is 1.86. The van der Waals surface area contributed by atoms with Gasteiger partial charge in [-0.25, -0.2) is 0 Å². The van der Waals surface area contributed by atoms with Crippen molar-refractivity contribution in [3.05, 3.63) is 80.0 Å². The number of carbonyl (C=O) groups is 1. The normalized spacial score (nSPS) is 10.8. The Morgan fingerprint density at radius 2 is 1.65 bits per heavy atom. The highest BCUT2D eigenvalue weighted by molar-refractivity contribution is 6.36. The molecule has 0 radical (unpaired) electrons. The molecule has 1 heterocycles. The van der Waals surface area contributed by atoms with Gasteiger partial charge in [-0.1, -0.05) is 40.9 Å². The van der Waals surface area contributed by atoms with Gasteiger partial charge in [0.25, 0.3) is 5.91 Å². The SMILES string of the molecule is Cc1nn(Cc2c(Cl)cccc2Cl)c(C)c1NC(=O)c1ccc(Cl)cc1. The van der Waals surface area contributed by atoms with Crippen molar-refractivity contribution < 1.29 is 4.79 Å². The summed E-state index contributed by atoms with van der Waals surface area (Å²) in [6.45, 7) is 4.15. The molecule has 0 atom stereocenters. The van der Waals surface area contributed by atoms with Crippen molar-refractivity contribution in [3.63, 3.8) is 0 Å². The number of anilines is 1. The van der Waals surface area contributed by atoms with E-state index in [0.29, 0.717) is 38.6 Å². The van der Waals surface area contributed by atoms with Gasteiger partial charge in [-0.3, -0.25) is 9.48 Å². The molecule has 0 spiro atoms. The third kappa shape index (κ3) is 3.88. The smallest absolute Gasteiger partial charge is 0.255 e. The van der Waals surface area contributed by atoms with E-state index in [0.717, 1.165) is 11.3 Å². The zero-order valence-electron chi connectivity index (χ0n) is 14.2. The van der Waals surface area contributed by atoms with E-state index in [1.807, 2.05) is 13.8 Å². The van der Waals surface area contributed by atoms with Gasteiger partial charge in [0.15, 0.2) is 0 Å². The number of halogens is 3. The Morgan fingerprint density at radius 1 is 1.04 bits per heavy atom. The maximum atomic E-state index is 12.5. The highest BCUT2D eigenvalue weighted by Gasteiger charge is 2.17. The van der Waals surface area contributed by atoms with Crippen LogP contribution in [0, 0.1) is 13.8 Å². The number of hydrogen-bond donors (Lipinski definition) is 1. The molecule has 1 aromatic heterocycles. The molecule has 0 bridgehead atoms. The molecule has 0 fully saturated rings. The summed E-state index contributed by atoms with van der Waals surface area (Å²) in [6, 6.07) is 12.1. The fourth-order valence-electron chi connectivity index (χ4n) is 2.65. The van der Waals surface area contributed by atoms with E-state index >= 15 is 0 Å². The number of nitrogens with one attached hydrogen (secondary N) is 1. The van der Waals surface area contributed by atoms with Crippen molar-refractivity contribution in [2.75, 3.05) is 5.32 Å². The van der Waals surface area contributed by atoms with Gasteiger partial charge in [-0.15, -0.1) is 0 Å². The van der Waals surface area contributed by atoms with Gasteiger partial charge in [-0.2, -0.15) is 5.10 Å². The average molecular weight is 409 g/mol. The molecule has 2 aromatic carbocycles. The number of benzene rings is 2. The molecule has 0 aliphatic carbocycles. The largest absolute Gasteiger partial charge is 0.319 e. The quantitative estimate of drug-likeness (QED) is 0.596. The number of rotatable bonds is 4. The summed E-state index contributed by atoms with van der Waals surface area (Å²) in [5.74, 6) is -0.219. The summed E-state index contributed by atoms with van der Waals surface area (Å²) < 4.78 is 1.78. The van der Waals surface area contributed by atoms with Crippen LogP contribution in [0.5, 0.6) is 0 Å². The first kappa shape index (κ1) is 18.8. The van der Waals surface area contributed by atoms with Gasteiger partial charge in [-0.05, 0) is 50.2 Å². The van der Waals surface area contributed by atoms with Crippen molar-refractivity contribution in [2.24, 2.45) is 0 Å². The highest BCUT2D eigenvalue weighted by atomic mass is 35.5. The first-order valence-corrected chi connectivity index (χ1v) is 9.04. The minimum atomic E-state index is -0.219. The number of hydrogen-bond acceptors (Lipinski definition) is 2. The van der Waals surface area contributed by atoms with E-state index in [1.54, 1.807) is 47.1 Å². The number of aromatic nitrogens is 2. The maximum absolute atomic E-state index is 12.5. The van der Waals surface area contributed by atoms with Gasteiger partial charge >= 0.3 is 0 Å². The van der Waals surface area contributed by atoms with Gasteiger partial charge in [0.1, 0.15) is 0 Å². The summed E-state index contributed by atoms with van der Waals surface area (Å²) in [5.41, 5.74) is 3.52. The summed E-state index contributed by atoms with van der Waals surface area (Å²) >= 11 is 18.4. The third-order valence-corrected chi connectivity index (χ3v) is 5.06. The maximum Gasteiger partial charge on any atom is 0.255 e. The Hall–Kier alpha value is -2.01. The van der Waals surface area contributed by atoms with Gasteiger partial charge in [0, 0.05) is 26.2 Å². The second kappa shape index (κ2) is 7.70. The zero-order valence-corrected chi connectivity index (χ0v) is 16.5. The molecule has 3 aromatic rings. The van der Waals surface area contributed by atoms with E-state index in [4.69, 9.17) is 34.8 Å². The van der Waals surface area contributed by atoms with Crippen molar-refractivity contribution in [3.8, 4) is 0 Å². The molecular formula is C19H16Cl3N3O. The summed E-state index contributed by atoms with van der Waals surface area (Å²) in [4.78, 5) is 12.5. The van der Waals surface area contributed by atoms with Crippen molar-refractivity contribution in [1.82, 2.24) is 9.78 Å². The second-order valence-corrected chi connectivity index (χ2v) is 7.12. The lowest BCUT2D eigenvalue weighted by molar-refractivity contribution is 0.102. The van der Waals surface area contributed by atoms with Gasteiger partial charge in [0.2, 0.25) is 0 Å². The lowest BCUT2D eigenvalue weighted by atomic mass is 10.2. The second-order valence-electron chi connectivity index (χ2n) is 5.86. The standard InChI is InChI=1S/C19H16Cl3N3O/c1-11-18(23-19(26)13-6-8-14(20)9-7-13)12(2)25(24-11)10-15-16(21)4-3-5-17(15)22/h3-9H,10H2,1-2H3,(H,23,26). The van der Waals surface area contributed by atoms with Crippen LogP contribution in [0.3, 0.4) is 0 Å². The number of nitrogens with zero attached hydrogens (tertiary/aromatic N) is 2. The monoisotopic (exact) mass is 407 g/mol. The summed E-state index contributed by atoms with van der Waals surface area (Å²) in [6.07, 6.45) is 0. The molecule has 1 amide bonds. The van der Waals surface area contributed by atoms with Gasteiger partial charge < -0.3 is 5.32 Å². The number of amides is 1. The molecule has 3 rings (SSSR count). The summed E-state index contributed by atoms with van der Waals surface area (Å²) in [7, 11) is 0. The lowest BCUT2D eigenvalue weighted by Gasteiger charge is -2.10. The summed E-state index contributed by atoms with van der Waals surface area (Å²) in [5, 5.41) is 9.17. The van der Waals surface area contributed by atoms with Crippen LogP contribution in [-0.2, 0) is 6.54 Å². The molecule has 134 valence electrons. The molecule has 0 unspecified atom stereocenters. The van der Waals surface area contributed by atoms with Crippen LogP contribution in [-0.4, -0.2) is 15.7 Å². The predicted molar refractivity (Wildman–Crippen MR) is 107 cm³/mol. The van der Waals surface area contributed by atoms with Crippen LogP contribution < -0.4 is 5.32 Å². The van der Waals surface area contributed by atoms with Crippen LogP contribution in [0.25, 0.3) is 0 Å². The fourth-order valence-corrected chi connectivity index (χ4v) is 3.29. The average Bonchev–Trinajstić information content (AvgIpc) is 2.86. The Labute approximate surface area is 166 Å². The Bertz CT molecular complexity index is 945. The highest BCUT2D eigenvalue weighted by Crippen LogP contribution is 2.27. The molecule has 4 nitrogen and oxygen atoms in total. The molecular weight excluding hydrogens is 393 g/mol. The predicted octanol–water partition coefficient (Wildman–Crippen LogP) is 5.76.